The van der Waals surface area contributed by atoms with E-state index in [0.717, 1.165) is 24.1 Å². The number of ether oxygens (including phenoxy) is 1. The van der Waals surface area contributed by atoms with Crippen molar-refractivity contribution in [2.24, 2.45) is 0 Å². The van der Waals surface area contributed by atoms with E-state index in [1.807, 2.05) is 25.2 Å². The van der Waals surface area contributed by atoms with Crippen molar-refractivity contribution in [3.05, 3.63) is 35.4 Å². The maximum Gasteiger partial charge on any atom is 0.220 e. The fraction of sp³-hybridized carbons (Fsp3) is 0.500. The lowest BCUT2D eigenvalue weighted by atomic mass is 10.1. The van der Waals surface area contributed by atoms with Crippen LogP contribution >= 0.6 is 0 Å². The van der Waals surface area contributed by atoms with E-state index in [1.165, 1.54) is 0 Å². The van der Waals surface area contributed by atoms with E-state index in [9.17, 15) is 4.79 Å². The van der Waals surface area contributed by atoms with Crippen LogP contribution in [0.1, 0.15) is 24.0 Å². The largest absolute Gasteiger partial charge is 0.380 e. The summed E-state index contributed by atoms with van der Waals surface area (Å²) in [4.78, 5) is 11.5. The molecule has 0 spiro atoms. The second kappa shape index (κ2) is 8.66. The quantitative estimate of drug-likeness (QED) is 0.687. The Hall–Kier alpha value is -1.39. The molecular formula is C14H22N2O2. The molecule has 0 saturated heterocycles. The van der Waals surface area contributed by atoms with E-state index in [2.05, 4.69) is 16.7 Å². The number of rotatable bonds is 8. The van der Waals surface area contributed by atoms with Crippen molar-refractivity contribution >= 4 is 5.91 Å². The summed E-state index contributed by atoms with van der Waals surface area (Å²) in [5.41, 5.74) is 2.23. The fourth-order valence-corrected chi connectivity index (χ4v) is 1.71. The van der Waals surface area contributed by atoms with Gasteiger partial charge in [0.05, 0.1) is 6.61 Å². The van der Waals surface area contributed by atoms with E-state index >= 15 is 0 Å². The number of carbonyl (C=O) groups is 1. The first-order valence-electron chi connectivity index (χ1n) is 6.24. The molecule has 1 aromatic carbocycles. The molecule has 2 N–H and O–H groups in total. The molecule has 0 heterocycles. The van der Waals surface area contributed by atoms with Crippen molar-refractivity contribution in [1.82, 2.24) is 10.6 Å². The van der Waals surface area contributed by atoms with E-state index in [0.29, 0.717) is 19.6 Å². The molecule has 0 radical (unpaired) electrons. The first-order chi connectivity index (χ1) is 8.76. The lowest BCUT2D eigenvalue weighted by Gasteiger charge is -2.07. The van der Waals surface area contributed by atoms with Crippen molar-refractivity contribution < 1.29 is 9.53 Å². The summed E-state index contributed by atoms with van der Waals surface area (Å²) >= 11 is 0. The Bertz CT molecular complexity index is 367. The molecule has 1 amide bonds. The lowest BCUT2D eigenvalue weighted by Crippen LogP contribution is -2.23. The Morgan fingerprint density at radius 1 is 1.33 bits per heavy atom. The summed E-state index contributed by atoms with van der Waals surface area (Å²) in [6.45, 7) is 2.05. The zero-order valence-corrected chi connectivity index (χ0v) is 11.2. The second-order valence-corrected chi connectivity index (χ2v) is 4.24. The zero-order valence-electron chi connectivity index (χ0n) is 11.2. The number of hydrogen-bond acceptors (Lipinski definition) is 3. The maximum absolute atomic E-state index is 11.5. The highest BCUT2D eigenvalue weighted by atomic mass is 16.5. The van der Waals surface area contributed by atoms with Gasteiger partial charge in [-0.15, -0.1) is 0 Å². The van der Waals surface area contributed by atoms with Gasteiger partial charge in [0.2, 0.25) is 5.91 Å². The summed E-state index contributed by atoms with van der Waals surface area (Å²) in [5, 5.41) is 5.94. The van der Waals surface area contributed by atoms with Gasteiger partial charge in [-0.05, 0) is 31.1 Å². The van der Waals surface area contributed by atoms with E-state index in [-0.39, 0.29) is 5.91 Å². The highest BCUT2D eigenvalue weighted by Gasteiger charge is 2.01. The predicted octanol–water partition coefficient (Wildman–Crippen LogP) is 1.45. The molecule has 0 saturated carbocycles. The van der Waals surface area contributed by atoms with Crippen LogP contribution in [0, 0.1) is 0 Å². The van der Waals surface area contributed by atoms with Crippen LogP contribution in [0.15, 0.2) is 24.3 Å². The molecule has 0 atom stereocenters. The van der Waals surface area contributed by atoms with Crippen LogP contribution in [0.25, 0.3) is 0 Å². The summed E-state index contributed by atoms with van der Waals surface area (Å²) in [6, 6.07) is 8.06. The lowest BCUT2D eigenvalue weighted by molar-refractivity contribution is -0.121. The van der Waals surface area contributed by atoms with Gasteiger partial charge in [-0.1, -0.05) is 24.3 Å². The van der Waals surface area contributed by atoms with Gasteiger partial charge in [-0.25, -0.2) is 0 Å². The summed E-state index contributed by atoms with van der Waals surface area (Å²) in [5.74, 6) is 0.0994. The molecule has 4 nitrogen and oxygen atoms in total. The third-order valence-electron chi connectivity index (χ3n) is 2.62. The van der Waals surface area contributed by atoms with Gasteiger partial charge in [0.25, 0.3) is 0 Å². The molecule has 0 aromatic heterocycles. The Morgan fingerprint density at radius 3 is 2.83 bits per heavy atom. The number of methoxy groups -OCH3 is 1. The van der Waals surface area contributed by atoms with Gasteiger partial charge in [-0.3, -0.25) is 4.79 Å². The molecule has 1 rings (SSSR count). The molecule has 0 bridgehead atoms. The van der Waals surface area contributed by atoms with Gasteiger partial charge in [0, 0.05) is 20.1 Å². The SMILES string of the molecule is CNCCCC(=O)NCc1cccc(COC)c1. The summed E-state index contributed by atoms with van der Waals surface area (Å²) < 4.78 is 5.08. The van der Waals surface area contributed by atoms with Crippen molar-refractivity contribution in [1.29, 1.82) is 0 Å². The van der Waals surface area contributed by atoms with Gasteiger partial charge >= 0.3 is 0 Å². The van der Waals surface area contributed by atoms with Crippen LogP contribution in [0.3, 0.4) is 0 Å². The van der Waals surface area contributed by atoms with Crippen molar-refractivity contribution in [3.8, 4) is 0 Å². The molecule has 0 unspecified atom stereocenters. The maximum atomic E-state index is 11.5. The Balaban J connectivity index is 2.33. The monoisotopic (exact) mass is 250 g/mol. The second-order valence-electron chi connectivity index (χ2n) is 4.24. The molecule has 18 heavy (non-hydrogen) atoms. The van der Waals surface area contributed by atoms with Crippen LogP contribution in [0.2, 0.25) is 0 Å². The van der Waals surface area contributed by atoms with Crippen LogP contribution < -0.4 is 10.6 Å². The molecular weight excluding hydrogens is 228 g/mol. The average molecular weight is 250 g/mol. The van der Waals surface area contributed by atoms with Crippen molar-refractivity contribution in [2.75, 3.05) is 20.7 Å². The first kappa shape index (κ1) is 14.7. The fourth-order valence-electron chi connectivity index (χ4n) is 1.71. The molecule has 0 aliphatic rings. The van der Waals surface area contributed by atoms with E-state index in [1.54, 1.807) is 7.11 Å². The van der Waals surface area contributed by atoms with Gasteiger partial charge in [0.15, 0.2) is 0 Å². The van der Waals surface area contributed by atoms with Gasteiger partial charge < -0.3 is 15.4 Å². The van der Waals surface area contributed by atoms with Crippen molar-refractivity contribution in [2.45, 2.75) is 26.0 Å². The topological polar surface area (TPSA) is 50.4 Å². The number of nitrogens with one attached hydrogen (secondary N) is 2. The van der Waals surface area contributed by atoms with Crippen LogP contribution in [0.4, 0.5) is 0 Å². The number of carbonyl (C=O) groups excluding carboxylic acids is 1. The minimum absolute atomic E-state index is 0.0994. The standard InChI is InChI=1S/C14H22N2O2/c1-15-8-4-7-14(17)16-10-12-5-3-6-13(9-12)11-18-2/h3,5-6,9,15H,4,7-8,10-11H2,1-2H3,(H,16,17). The predicted molar refractivity (Wildman–Crippen MR) is 72.2 cm³/mol. The first-order valence-corrected chi connectivity index (χ1v) is 6.24. The van der Waals surface area contributed by atoms with E-state index < -0.39 is 0 Å². The molecule has 4 heteroatoms. The number of amides is 1. The molecule has 0 aliphatic heterocycles. The number of hydrogen-bond donors (Lipinski definition) is 2. The van der Waals surface area contributed by atoms with Crippen LogP contribution in [0.5, 0.6) is 0 Å². The Labute approximate surface area is 109 Å². The number of benzene rings is 1. The summed E-state index contributed by atoms with van der Waals surface area (Å²) in [6.07, 6.45) is 1.44. The van der Waals surface area contributed by atoms with Crippen LogP contribution in [-0.2, 0) is 22.7 Å². The zero-order chi connectivity index (χ0) is 13.2. The third kappa shape index (κ3) is 5.80. The van der Waals surface area contributed by atoms with Crippen LogP contribution in [-0.4, -0.2) is 26.6 Å². The highest BCUT2D eigenvalue weighted by molar-refractivity contribution is 5.75. The van der Waals surface area contributed by atoms with Gasteiger partial charge in [0.1, 0.15) is 0 Å². The Morgan fingerprint density at radius 2 is 2.11 bits per heavy atom. The van der Waals surface area contributed by atoms with Gasteiger partial charge in [-0.2, -0.15) is 0 Å². The third-order valence-corrected chi connectivity index (χ3v) is 2.62. The smallest absolute Gasteiger partial charge is 0.220 e. The molecule has 0 aliphatic carbocycles. The normalized spacial score (nSPS) is 10.3. The van der Waals surface area contributed by atoms with Crippen molar-refractivity contribution in [3.63, 3.8) is 0 Å². The summed E-state index contributed by atoms with van der Waals surface area (Å²) in [7, 11) is 3.56. The average Bonchev–Trinajstić information content (AvgIpc) is 2.38. The highest BCUT2D eigenvalue weighted by Crippen LogP contribution is 2.06. The Kier molecular flexibility index (Phi) is 7.06. The molecule has 1 aromatic rings. The molecule has 0 fully saturated rings. The minimum Gasteiger partial charge on any atom is -0.380 e. The molecule has 100 valence electrons. The minimum atomic E-state index is 0.0994. The van der Waals surface area contributed by atoms with E-state index in [4.69, 9.17) is 4.74 Å².